The second kappa shape index (κ2) is 14.6. The first-order chi connectivity index (χ1) is 18.7. The molecule has 210 valence electrons. The van der Waals surface area contributed by atoms with Gasteiger partial charge in [0.1, 0.15) is 5.69 Å². The second-order valence-electron chi connectivity index (χ2n) is 9.48. The third-order valence-corrected chi connectivity index (χ3v) is 7.20. The van der Waals surface area contributed by atoms with Crippen LogP contribution in [-0.2, 0) is 0 Å². The van der Waals surface area contributed by atoms with E-state index in [1.165, 1.54) is 11.3 Å². The summed E-state index contributed by atoms with van der Waals surface area (Å²) in [4.78, 5) is 32.9. The Hall–Kier alpha value is -3.44. The quantitative estimate of drug-likeness (QED) is 0.301. The highest BCUT2D eigenvalue weighted by Gasteiger charge is 2.32. The third-order valence-electron chi connectivity index (χ3n) is 6.50. The minimum atomic E-state index is -3.03. The number of benzene rings is 1. The van der Waals surface area contributed by atoms with Crippen molar-refractivity contribution in [3.8, 4) is 5.88 Å². The number of ether oxygens (including phenoxy) is 1. The number of pyridine rings is 1. The van der Waals surface area contributed by atoms with Gasteiger partial charge in [-0.05, 0) is 69.3 Å². The fourth-order valence-electron chi connectivity index (χ4n) is 4.56. The number of rotatable bonds is 8. The summed E-state index contributed by atoms with van der Waals surface area (Å²) in [5.41, 5.74) is 2.54. The van der Waals surface area contributed by atoms with Crippen LogP contribution in [0.15, 0.2) is 48.0 Å². The first-order valence-electron chi connectivity index (χ1n) is 12.9. The number of anilines is 2. The molecule has 0 unspecified atom stereocenters. The van der Waals surface area contributed by atoms with Gasteiger partial charge in [0.15, 0.2) is 11.3 Å². The van der Waals surface area contributed by atoms with E-state index in [2.05, 4.69) is 39.2 Å². The maximum Gasteiger partial charge on any atom is 0.388 e. The number of aldehydes is 1. The van der Waals surface area contributed by atoms with E-state index >= 15 is 0 Å². The van der Waals surface area contributed by atoms with Gasteiger partial charge in [-0.3, -0.25) is 9.69 Å². The largest absolute Gasteiger partial charge is 0.415 e. The summed E-state index contributed by atoms with van der Waals surface area (Å²) in [6, 6.07) is 11.1. The molecule has 1 saturated carbocycles. The molecule has 8 nitrogen and oxygen atoms in total. The minimum Gasteiger partial charge on any atom is -0.415 e. The fourth-order valence-corrected chi connectivity index (χ4v) is 5.00. The van der Waals surface area contributed by atoms with Crippen molar-refractivity contribution in [3.63, 3.8) is 0 Å². The average molecular weight is 560 g/mol. The van der Waals surface area contributed by atoms with Crippen molar-refractivity contribution in [2.24, 2.45) is 0 Å². The summed E-state index contributed by atoms with van der Waals surface area (Å²) < 4.78 is 30.4. The normalized spacial score (nSPS) is 16.8. The zero-order chi connectivity index (χ0) is 28.4. The number of aromatic nitrogens is 2. The number of nitrogens with one attached hydrogen (secondary N) is 2. The number of carbonyl (C=O) groups excluding carboxylic acids is 2. The van der Waals surface area contributed by atoms with E-state index in [9.17, 15) is 18.4 Å². The Balaban J connectivity index is 0.000000520. The number of alkyl halides is 2. The van der Waals surface area contributed by atoms with E-state index in [-0.39, 0.29) is 29.6 Å². The van der Waals surface area contributed by atoms with Gasteiger partial charge in [-0.25, -0.2) is 14.8 Å². The van der Waals surface area contributed by atoms with Gasteiger partial charge < -0.3 is 15.4 Å². The van der Waals surface area contributed by atoms with Crippen LogP contribution >= 0.6 is 11.3 Å². The molecule has 2 amide bonds. The van der Waals surface area contributed by atoms with Crippen LogP contribution in [0, 0.1) is 6.92 Å². The van der Waals surface area contributed by atoms with Gasteiger partial charge in [-0.1, -0.05) is 32.0 Å². The lowest BCUT2D eigenvalue weighted by atomic mass is 9.89. The number of urea groups is 1. The van der Waals surface area contributed by atoms with Crippen molar-refractivity contribution in [3.05, 3.63) is 64.2 Å². The lowest BCUT2D eigenvalue weighted by Gasteiger charge is -2.38. The Bertz CT molecular complexity index is 1200. The smallest absolute Gasteiger partial charge is 0.388 e. The molecule has 4 rings (SSSR count). The van der Waals surface area contributed by atoms with E-state index < -0.39 is 6.61 Å². The molecule has 0 radical (unpaired) electrons. The molecule has 1 aromatic carbocycles. The first-order valence-corrected chi connectivity index (χ1v) is 13.7. The molecule has 2 N–H and O–H groups in total. The monoisotopic (exact) mass is 559 g/mol. The van der Waals surface area contributed by atoms with Crippen molar-refractivity contribution >= 4 is 35.0 Å². The van der Waals surface area contributed by atoms with Crippen LogP contribution in [0.5, 0.6) is 5.88 Å². The summed E-state index contributed by atoms with van der Waals surface area (Å²) in [6.45, 7) is 2.82. The number of halogens is 2. The number of amides is 2. The molecule has 0 spiro atoms. The maximum atomic E-state index is 13.6. The standard InChI is InChI=1S/C24H32F2N4O2.C4H3NOS/c1-15(2)19-7-5-6-8-21(19)30(18-12-10-17(27-4)11-13-18)24(31)29-20-14-9-16(3)28-22(20)32-23(25)26;6-3-4-5-1-2-7-4/h5-9,14-15,17-18,23,27H,10-13H2,1-4H3,(H,29,31);1-3H. The molecular formula is C28H35F2N5O3S. The van der Waals surface area contributed by atoms with E-state index in [1.54, 1.807) is 35.5 Å². The summed E-state index contributed by atoms with van der Waals surface area (Å²) in [5.74, 6) is -0.0711. The van der Waals surface area contributed by atoms with E-state index in [0.29, 0.717) is 16.7 Å². The number of hydrogen-bond acceptors (Lipinski definition) is 7. The van der Waals surface area contributed by atoms with Gasteiger partial charge in [0.05, 0.1) is 0 Å². The molecule has 1 fully saturated rings. The molecule has 11 heteroatoms. The highest BCUT2D eigenvalue weighted by molar-refractivity contribution is 7.11. The molecule has 1 aliphatic carbocycles. The zero-order valence-electron chi connectivity index (χ0n) is 22.6. The van der Waals surface area contributed by atoms with Gasteiger partial charge >= 0.3 is 12.6 Å². The first kappa shape index (κ1) is 30.1. The summed E-state index contributed by atoms with van der Waals surface area (Å²) in [7, 11) is 1.96. The molecule has 0 saturated heterocycles. The highest BCUT2D eigenvalue weighted by Crippen LogP contribution is 2.34. The van der Waals surface area contributed by atoms with Crippen LogP contribution in [0.3, 0.4) is 0 Å². The minimum absolute atomic E-state index is 0.00243. The predicted octanol–water partition coefficient (Wildman–Crippen LogP) is 6.64. The molecule has 2 heterocycles. The highest BCUT2D eigenvalue weighted by atomic mass is 32.1. The van der Waals surface area contributed by atoms with Crippen LogP contribution in [0.4, 0.5) is 25.0 Å². The van der Waals surface area contributed by atoms with E-state index in [4.69, 9.17) is 0 Å². The molecule has 39 heavy (non-hydrogen) atoms. The van der Waals surface area contributed by atoms with Crippen LogP contribution in [0.2, 0.25) is 0 Å². The lowest BCUT2D eigenvalue weighted by molar-refractivity contribution is -0.0523. The summed E-state index contributed by atoms with van der Waals surface area (Å²) in [5, 5.41) is 8.41. The van der Waals surface area contributed by atoms with Crippen LogP contribution in [0.1, 0.15) is 66.5 Å². The molecule has 2 aromatic heterocycles. The van der Waals surface area contributed by atoms with E-state index in [0.717, 1.165) is 43.2 Å². The fraction of sp³-hybridized carbons (Fsp3) is 0.429. The number of carbonyl (C=O) groups is 2. The molecule has 3 aromatic rings. The topological polar surface area (TPSA) is 96.5 Å². The number of nitrogens with zero attached hydrogens (tertiary/aromatic N) is 3. The Morgan fingerprint density at radius 3 is 2.44 bits per heavy atom. The van der Waals surface area contributed by atoms with Crippen molar-refractivity contribution < 1.29 is 23.1 Å². The van der Waals surface area contributed by atoms with Gasteiger partial charge in [0.2, 0.25) is 5.88 Å². The van der Waals surface area contributed by atoms with Gasteiger partial charge in [0, 0.05) is 35.0 Å². The molecular weight excluding hydrogens is 524 g/mol. The zero-order valence-corrected chi connectivity index (χ0v) is 23.4. The Morgan fingerprint density at radius 2 is 1.87 bits per heavy atom. The number of thiazole rings is 1. The van der Waals surface area contributed by atoms with Crippen molar-refractivity contribution in [1.29, 1.82) is 0 Å². The number of para-hydroxylation sites is 1. The predicted molar refractivity (Wildman–Crippen MR) is 150 cm³/mol. The van der Waals surface area contributed by atoms with Crippen LogP contribution in [0.25, 0.3) is 0 Å². The molecule has 0 atom stereocenters. The van der Waals surface area contributed by atoms with E-state index in [1.807, 2.05) is 31.3 Å². The van der Waals surface area contributed by atoms with Gasteiger partial charge in [-0.15, -0.1) is 11.3 Å². The van der Waals surface area contributed by atoms with Gasteiger partial charge in [0.25, 0.3) is 0 Å². The van der Waals surface area contributed by atoms with Crippen molar-refractivity contribution in [2.75, 3.05) is 17.3 Å². The Kier molecular flexibility index (Phi) is 11.3. The Labute approximate surface area is 231 Å². The van der Waals surface area contributed by atoms with Crippen molar-refractivity contribution in [1.82, 2.24) is 15.3 Å². The van der Waals surface area contributed by atoms with Crippen LogP contribution in [-0.4, -0.2) is 48.0 Å². The molecule has 0 bridgehead atoms. The average Bonchev–Trinajstić information content (AvgIpc) is 3.45. The SMILES string of the molecule is CNC1CCC(N(C(=O)Nc2ccc(C)nc2OC(F)F)c2ccccc2C(C)C)CC1.O=Cc1nccs1. The summed E-state index contributed by atoms with van der Waals surface area (Å²) in [6.07, 6.45) is 5.95. The third kappa shape index (κ3) is 8.52. The number of aryl methyl sites for hydroxylation is 1. The number of hydrogen-bond donors (Lipinski definition) is 2. The lowest BCUT2D eigenvalue weighted by Crippen LogP contribution is -2.47. The summed E-state index contributed by atoms with van der Waals surface area (Å²) >= 11 is 1.34. The maximum absolute atomic E-state index is 13.6. The van der Waals surface area contributed by atoms with Gasteiger partial charge in [-0.2, -0.15) is 8.78 Å². The molecule has 0 aliphatic heterocycles. The Morgan fingerprint density at radius 1 is 1.15 bits per heavy atom. The van der Waals surface area contributed by atoms with Crippen LogP contribution < -0.4 is 20.3 Å². The van der Waals surface area contributed by atoms with Crippen molar-refractivity contribution in [2.45, 2.75) is 71.1 Å². The second-order valence-corrected chi connectivity index (χ2v) is 10.4. The molecule has 1 aliphatic rings.